The van der Waals surface area contributed by atoms with E-state index in [0.717, 1.165) is 5.92 Å². The van der Waals surface area contributed by atoms with E-state index in [1.807, 2.05) is 0 Å². The van der Waals surface area contributed by atoms with E-state index in [9.17, 15) is 0 Å². The molecule has 1 unspecified atom stereocenters. The van der Waals surface area contributed by atoms with Crippen LogP contribution in [0.5, 0.6) is 0 Å². The summed E-state index contributed by atoms with van der Waals surface area (Å²) in [6, 6.07) is 0.479. The van der Waals surface area contributed by atoms with Crippen LogP contribution < -0.4 is 5.73 Å². The van der Waals surface area contributed by atoms with Crippen LogP contribution >= 0.6 is 0 Å². The van der Waals surface area contributed by atoms with Gasteiger partial charge in [0.1, 0.15) is 0 Å². The lowest BCUT2D eigenvalue weighted by molar-refractivity contribution is 0.320. The maximum Gasteiger partial charge on any atom is 0.00388 e. The van der Waals surface area contributed by atoms with Crippen LogP contribution in [0, 0.1) is 5.92 Å². The second kappa shape index (κ2) is 6.42. The van der Waals surface area contributed by atoms with Crippen LogP contribution in [0.4, 0.5) is 0 Å². The molecule has 0 radical (unpaired) electrons. The summed E-state index contributed by atoms with van der Waals surface area (Å²) >= 11 is 0. The molecule has 0 amide bonds. The van der Waals surface area contributed by atoms with Gasteiger partial charge in [-0.15, -0.1) is 0 Å². The summed E-state index contributed by atoms with van der Waals surface area (Å²) in [6.45, 7) is 2.22. The molecule has 1 aliphatic rings. The van der Waals surface area contributed by atoms with Crippen molar-refractivity contribution >= 4 is 0 Å². The minimum absolute atomic E-state index is 0.479. The van der Waals surface area contributed by atoms with E-state index in [2.05, 4.69) is 6.92 Å². The van der Waals surface area contributed by atoms with Gasteiger partial charge in [0.05, 0.1) is 0 Å². The molecular formula is C12H25N. The van der Waals surface area contributed by atoms with Gasteiger partial charge in [-0.3, -0.25) is 0 Å². The standard InChI is InChI=1S/C12H25N/c1-2-6-12(13)10-9-11-7-4-3-5-8-11/h11-12H,2-10,13H2,1H3. The Balaban J connectivity index is 2.03. The van der Waals surface area contributed by atoms with Gasteiger partial charge in [-0.05, 0) is 25.2 Å². The normalized spacial score (nSPS) is 21.7. The molecule has 1 atom stereocenters. The highest BCUT2D eigenvalue weighted by atomic mass is 14.6. The van der Waals surface area contributed by atoms with Gasteiger partial charge >= 0.3 is 0 Å². The van der Waals surface area contributed by atoms with Crippen molar-refractivity contribution in [2.75, 3.05) is 0 Å². The maximum atomic E-state index is 6.00. The van der Waals surface area contributed by atoms with Crippen LogP contribution in [-0.4, -0.2) is 6.04 Å². The van der Waals surface area contributed by atoms with Gasteiger partial charge in [-0.25, -0.2) is 0 Å². The van der Waals surface area contributed by atoms with E-state index < -0.39 is 0 Å². The monoisotopic (exact) mass is 183 g/mol. The van der Waals surface area contributed by atoms with Gasteiger partial charge in [-0.2, -0.15) is 0 Å². The van der Waals surface area contributed by atoms with E-state index in [1.165, 1.54) is 57.8 Å². The molecule has 1 fully saturated rings. The van der Waals surface area contributed by atoms with E-state index >= 15 is 0 Å². The molecule has 0 heterocycles. The average molecular weight is 183 g/mol. The molecule has 0 aromatic heterocycles. The molecule has 1 rings (SSSR count). The topological polar surface area (TPSA) is 26.0 Å². The maximum absolute atomic E-state index is 6.00. The Kier molecular flexibility index (Phi) is 5.45. The van der Waals surface area contributed by atoms with Crippen LogP contribution in [0.25, 0.3) is 0 Å². The minimum atomic E-state index is 0.479. The first-order valence-electron chi connectivity index (χ1n) is 6.08. The largest absolute Gasteiger partial charge is 0.328 e. The Morgan fingerprint density at radius 2 is 1.85 bits per heavy atom. The second-order valence-electron chi connectivity index (χ2n) is 4.63. The quantitative estimate of drug-likeness (QED) is 0.694. The van der Waals surface area contributed by atoms with E-state index in [0.29, 0.717) is 6.04 Å². The molecule has 1 nitrogen and oxygen atoms in total. The SMILES string of the molecule is CCCC(N)CCC1CCCCC1. The Labute approximate surface area is 83.1 Å². The zero-order valence-electron chi connectivity index (χ0n) is 9.10. The highest BCUT2D eigenvalue weighted by Gasteiger charge is 2.14. The van der Waals surface area contributed by atoms with Gasteiger partial charge in [0.15, 0.2) is 0 Å². The van der Waals surface area contributed by atoms with Crippen molar-refractivity contribution in [1.82, 2.24) is 0 Å². The minimum Gasteiger partial charge on any atom is -0.328 e. The molecule has 0 aromatic carbocycles. The lowest BCUT2D eigenvalue weighted by atomic mass is 9.85. The summed E-state index contributed by atoms with van der Waals surface area (Å²) in [4.78, 5) is 0. The Hall–Kier alpha value is -0.0400. The van der Waals surface area contributed by atoms with Crippen molar-refractivity contribution in [1.29, 1.82) is 0 Å². The summed E-state index contributed by atoms with van der Waals surface area (Å²) in [7, 11) is 0. The third kappa shape index (κ3) is 4.66. The molecule has 0 aromatic rings. The Bertz CT molecular complexity index is 116. The fraction of sp³-hybridized carbons (Fsp3) is 1.00. The average Bonchev–Trinajstić information content (AvgIpc) is 2.17. The smallest absolute Gasteiger partial charge is 0.00388 e. The van der Waals surface area contributed by atoms with Crippen molar-refractivity contribution in [2.24, 2.45) is 11.7 Å². The molecule has 1 aliphatic carbocycles. The number of hydrogen-bond acceptors (Lipinski definition) is 1. The third-order valence-electron chi connectivity index (χ3n) is 3.33. The van der Waals surface area contributed by atoms with Crippen molar-refractivity contribution in [3.05, 3.63) is 0 Å². The number of rotatable bonds is 5. The molecule has 0 bridgehead atoms. The molecule has 13 heavy (non-hydrogen) atoms. The molecule has 2 N–H and O–H groups in total. The van der Waals surface area contributed by atoms with E-state index in [-0.39, 0.29) is 0 Å². The highest BCUT2D eigenvalue weighted by Crippen LogP contribution is 2.27. The molecule has 0 saturated heterocycles. The predicted molar refractivity (Wildman–Crippen MR) is 58.7 cm³/mol. The molecule has 0 aliphatic heterocycles. The van der Waals surface area contributed by atoms with Crippen molar-refractivity contribution < 1.29 is 0 Å². The highest BCUT2D eigenvalue weighted by molar-refractivity contribution is 4.69. The van der Waals surface area contributed by atoms with Gasteiger partial charge < -0.3 is 5.73 Å². The summed E-state index contributed by atoms with van der Waals surface area (Å²) < 4.78 is 0. The van der Waals surface area contributed by atoms with Crippen molar-refractivity contribution in [2.45, 2.75) is 70.8 Å². The lowest BCUT2D eigenvalue weighted by Crippen LogP contribution is -2.21. The third-order valence-corrected chi connectivity index (χ3v) is 3.33. The van der Waals surface area contributed by atoms with Crippen LogP contribution in [0.1, 0.15) is 64.7 Å². The van der Waals surface area contributed by atoms with Crippen LogP contribution in [0.2, 0.25) is 0 Å². The van der Waals surface area contributed by atoms with Gasteiger partial charge in [0.25, 0.3) is 0 Å². The fourth-order valence-corrected chi connectivity index (χ4v) is 2.44. The molecule has 1 saturated carbocycles. The Morgan fingerprint density at radius 3 is 2.46 bits per heavy atom. The predicted octanol–water partition coefficient (Wildman–Crippen LogP) is 3.47. The number of nitrogens with two attached hydrogens (primary N) is 1. The zero-order valence-corrected chi connectivity index (χ0v) is 9.10. The number of hydrogen-bond donors (Lipinski definition) is 1. The van der Waals surface area contributed by atoms with E-state index in [4.69, 9.17) is 5.73 Å². The summed E-state index contributed by atoms with van der Waals surface area (Å²) in [6.07, 6.45) is 12.5. The van der Waals surface area contributed by atoms with Gasteiger partial charge in [0, 0.05) is 6.04 Å². The van der Waals surface area contributed by atoms with Crippen LogP contribution in [-0.2, 0) is 0 Å². The fourth-order valence-electron chi connectivity index (χ4n) is 2.44. The van der Waals surface area contributed by atoms with Crippen molar-refractivity contribution in [3.63, 3.8) is 0 Å². The molecular weight excluding hydrogens is 158 g/mol. The molecule has 1 heteroatoms. The zero-order chi connectivity index (χ0) is 9.52. The van der Waals surface area contributed by atoms with Gasteiger partial charge in [0.2, 0.25) is 0 Å². The summed E-state index contributed by atoms with van der Waals surface area (Å²) in [5.41, 5.74) is 6.00. The van der Waals surface area contributed by atoms with Crippen LogP contribution in [0.15, 0.2) is 0 Å². The summed E-state index contributed by atoms with van der Waals surface area (Å²) in [5, 5.41) is 0. The van der Waals surface area contributed by atoms with Gasteiger partial charge in [-0.1, -0.05) is 45.4 Å². The van der Waals surface area contributed by atoms with E-state index in [1.54, 1.807) is 0 Å². The lowest BCUT2D eigenvalue weighted by Gasteiger charge is -2.22. The molecule has 78 valence electrons. The summed E-state index contributed by atoms with van der Waals surface area (Å²) in [5.74, 6) is 1.01. The first-order valence-corrected chi connectivity index (χ1v) is 6.08. The molecule has 0 spiro atoms. The first kappa shape index (κ1) is 11.0. The van der Waals surface area contributed by atoms with Crippen LogP contribution in [0.3, 0.4) is 0 Å². The second-order valence-corrected chi connectivity index (χ2v) is 4.63. The first-order chi connectivity index (χ1) is 6.33. The van der Waals surface area contributed by atoms with Crippen molar-refractivity contribution in [3.8, 4) is 0 Å². The Morgan fingerprint density at radius 1 is 1.15 bits per heavy atom.